The van der Waals surface area contributed by atoms with Crippen LogP contribution in [-0.2, 0) is 9.57 Å². The van der Waals surface area contributed by atoms with Crippen molar-refractivity contribution in [1.29, 1.82) is 0 Å². The molecule has 1 amide bonds. The lowest BCUT2D eigenvalue weighted by atomic mass is 10.1. The van der Waals surface area contributed by atoms with Gasteiger partial charge >= 0.3 is 6.09 Å². The van der Waals surface area contributed by atoms with Gasteiger partial charge in [-0.1, -0.05) is 0 Å². The van der Waals surface area contributed by atoms with E-state index in [-0.39, 0.29) is 18.2 Å². The second-order valence-corrected chi connectivity index (χ2v) is 6.16. The maximum atomic E-state index is 12.1. The smallest absolute Gasteiger partial charge is 0.410 e. The topological polar surface area (TPSA) is 50.8 Å². The van der Waals surface area contributed by atoms with Gasteiger partial charge in [0.05, 0.1) is 6.61 Å². The van der Waals surface area contributed by atoms with Crippen molar-refractivity contribution in [2.75, 3.05) is 13.2 Å². The quantitative estimate of drug-likeness (QED) is 0.782. The number of ether oxygens (including phenoxy) is 1. The first-order valence-corrected chi connectivity index (χ1v) is 7.20. The summed E-state index contributed by atoms with van der Waals surface area (Å²) in [6, 6.07) is 0.478. The van der Waals surface area contributed by atoms with Crippen molar-refractivity contribution in [3.8, 4) is 0 Å². The molecule has 2 atom stereocenters. The number of carbonyl (C=O) groups is 1. The van der Waals surface area contributed by atoms with Gasteiger partial charge in [0.25, 0.3) is 0 Å². The Morgan fingerprint density at radius 1 is 1.47 bits per heavy atom. The van der Waals surface area contributed by atoms with E-state index in [1.165, 1.54) is 0 Å². The molecule has 19 heavy (non-hydrogen) atoms. The van der Waals surface area contributed by atoms with Crippen LogP contribution < -0.4 is 5.48 Å². The van der Waals surface area contributed by atoms with Gasteiger partial charge in [-0.05, 0) is 53.9 Å². The minimum atomic E-state index is -0.431. The molecule has 0 aromatic carbocycles. The zero-order chi connectivity index (χ0) is 14.5. The molecule has 1 aliphatic heterocycles. The molecule has 5 nitrogen and oxygen atoms in total. The molecule has 0 spiro atoms. The fourth-order valence-electron chi connectivity index (χ4n) is 2.32. The minimum absolute atomic E-state index is 0.196. The van der Waals surface area contributed by atoms with Crippen LogP contribution in [-0.4, -0.2) is 41.8 Å². The normalized spacial score (nSPS) is 21.5. The molecule has 0 aromatic rings. The first-order chi connectivity index (χ1) is 8.83. The Morgan fingerprint density at radius 3 is 2.74 bits per heavy atom. The summed E-state index contributed by atoms with van der Waals surface area (Å²) in [5.41, 5.74) is 2.56. The van der Waals surface area contributed by atoms with E-state index in [0.29, 0.717) is 6.61 Å². The molecule has 1 rings (SSSR count). The van der Waals surface area contributed by atoms with Gasteiger partial charge in [0.1, 0.15) is 5.60 Å². The Kier molecular flexibility index (Phi) is 6.07. The van der Waals surface area contributed by atoms with Gasteiger partial charge in [-0.25, -0.2) is 4.79 Å². The highest BCUT2D eigenvalue weighted by Crippen LogP contribution is 2.23. The lowest BCUT2D eigenvalue weighted by Gasteiger charge is -2.30. The number of hydrogen-bond donors (Lipinski definition) is 1. The largest absolute Gasteiger partial charge is 0.444 e. The molecule has 112 valence electrons. The predicted molar refractivity (Wildman–Crippen MR) is 74.8 cm³/mol. The van der Waals surface area contributed by atoms with Crippen LogP contribution >= 0.6 is 0 Å². The van der Waals surface area contributed by atoms with Crippen LogP contribution in [0.2, 0.25) is 0 Å². The SMILES string of the molecule is CCONC(C)CC1CCCN1C(=O)OC(C)(C)C. The van der Waals surface area contributed by atoms with Crippen LogP contribution in [0.1, 0.15) is 53.9 Å². The Labute approximate surface area is 116 Å². The lowest BCUT2D eigenvalue weighted by molar-refractivity contribution is 0.00896. The van der Waals surface area contributed by atoms with Crippen LogP contribution in [0.3, 0.4) is 0 Å². The van der Waals surface area contributed by atoms with Gasteiger partial charge in [-0.3, -0.25) is 0 Å². The average molecular weight is 272 g/mol. The van der Waals surface area contributed by atoms with E-state index in [2.05, 4.69) is 12.4 Å². The Bertz CT molecular complexity index is 289. The molecular formula is C14H28N2O3. The zero-order valence-corrected chi connectivity index (χ0v) is 12.9. The second-order valence-electron chi connectivity index (χ2n) is 6.16. The maximum absolute atomic E-state index is 12.1. The van der Waals surface area contributed by atoms with Crippen molar-refractivity contribution < 1.29 is 14.4 Å². The van der Waals surface area contributed by atoms with Crippen LogP contribution in [0, 0.1) is 0 Å². The number of carbonyl (C=O) groups excluding carboxylic acids is 1. The monoisotopic (exact) mass is 272 g/mol. The maximum Gasteiger partial charge on any atom is 0.410 e. The van der Waals surface area contributed by atoms with E-state index in [9.17, 15) is 4.79 Å². The van der Waals surface area contributed by atoms with Crippen LogP contribution in [0.4, 0.5) is 4.79 Å². The van der Waals surface area contributed by atoms with E-state index in [0.717, 1.165) is 25.8 Å². The number of likely N-dealkylation sites (tertiary alicyclic amines) is 1. The van der Waals surface area contributed by atoms with Gasteiger partial charge in [0, 0.05) is 18.6 Å². The lowest BCUT2D eigenvalue weighted by Crippen LogP contribution is -2.42. The summed E-state index contributed by atoms with van der Waals surface area (Å²) in [7, 11) is 0. The summed E-state index contributed by atoms with van der Waals surface area (Å²) in [5, 5.41) is 0. The van der Waals surface area contributed by atoms with Gasteiger partial charge in [0.15, 0.2) is 0 Å². The zero-order valence-electron chi connectivity index (χ0n) is 12.9. The fourth-order valence-corrected chi connectivity index (χ4v) is 2.32. The molecule has 0 saturated carbocycles. The van der Waals surface area contributed by atoms with E-state index in [4.69, 9.17) is 9.57 Å². The molecule has 0 aliphatic carbocycles. The van der Waals surface area contributed by atoms with Crippen molar-refractivity contribution in [3.63, 3.8) is 0 Å². The summed E-state index contributed by atoms with van der Waals surface area (Å²) in [6.07, 6.45) is 2.78. The van der Waals surface area contributed by atoms with E-state index < -0.39 is 5.60 Å². The van der Waals surface area contributed by atoms with Gasteiger partial charge in [-0.15, -0.1) is 0 Å². The number of nitrogens with zero attached hydrogens (tertiary/aromatic N) is 1. The van der Waals surface area contributed by atoms with E-state index >= 15 is 0 Å². The van der Waals surface area contributed by atoms with Gasteiger partial charge in [0.2, 0.25) is 0 Å². The molecule has 1 fully saturated rings. The third-order valence-corrected chi connectivity index (χ3v) is 3.06. The molecule has 5 heteroatoms. The second kappa shape index (κ2) is 7.10. The van der Waals surface area contributed by atoms with Crippen LogP contribution in [0.25, 0.3) is 0 Å². The number of hydroxylamine groups is 1. The predicted octanol–water partition coefficient (Wildman–Crippen LogP) is 2.71. The first kappa shape index (κ1) is 16.2. The molecule has 1 aliphatic rings. The van der Waals surface area contributed by atoms with Crippen molar-refractivity contribution in [3.05, 3.63) is 0 Å². The van der Waals surface area contributed by atoms with E-state index in [1.54, 1.807) is 0 Å². The van der Waals surface area contributed by atoms with Crippen molar-refractivity contribution in [1.82, 2.24) is 10.4 Å². The Morgan fingerprint density at radius 2 is 2.16 bits per heavy atom. The number of hydrogen-bond acceptors (Lipinski definition) is 4. The molecule has 0 radical (unpaired) electrons. The number of amides is 1. The summed E-state index contributed by atoms with van der Waals surface area (Å²) < 4.78 is 5.45. The molecule has 0 aromatic heterocycles. The summed E-state index contributed by atoms with van der Waals surface area (Å²) in [4.78, 5) is 19.2. The fraction of sp³-hybridized carbons (Fsp3) is 0.929. The van der Waals surface area contributed by atoms with Gasteiger partial charge in [-0.2, -0.15) is 5.48 Å². The van der Waals surface area contributed by atoms with Gasteiger partial charge < -0.3 is 14.5 Å². The Hall–Kier alpha value is -0.810. The summed E-state index contributed by atoms with van der Waals surface area (Å²) in [6.45, 7) is 11.1. The standard InChI is InChI=1S/C14H28N2O3/c1-6-18-15-11(2)10-12-8-7-9-16(12)13(17)19-14(3,4)5/h11-12,15H,6-10H2,1-5H3. The van der Waals surface area contributed by atoms with Crippen molar-refractivity contribution >= 4 is 6.09 Å². The third-order valence-electron chi connectivity index (χ3n) is 3.06. The third kappa shape index (κ3) is 5.78. The summed E-state index contributed by atoms with van der Waals surface area (Å²) in [5.74, 6) is 0. The highest BCUT2D eigenvalue weighted by atomic mass is 16.6. The van der Waals surface area contributed by atoms with Crippen LogP contribution in [0.5, 0.6) is 0 Å². The molecule has 2 unspecified atom stereocenters. The molecule has 0 bridgehead atoms. The highest BCUT2D eigenvalue weighted by Gasteiger charge is 2.32. The van der Waals surface area contributed by atoms with Crippen LogP contribution in [0.15, 0.2) is 0 Å². The summed E-state index contributed by atoms with van der Waals surface area (Å²) >= 11 is 0. The molecule has 1 N–H and O–H groups in total. The number of nitrogens with one attached hydrogen (secondary N) is 1. The molecular weight excluding hydrogens is 244 g/mol. The van der Waals surface area contributed by atoms with Crippen molar-refractivity contribution in [2.45, 2.75) is 71.6 Å². The minimum Gasteiger partial charge on any atom is -0.444 e. The molecule has 1 saturated heterocycles. The average Bonchev–Trinajstić information content (AvgIpc) is 2.72. The molecule has 1 heterocycles. The number of rotatable bonds is 5. The van der Waals surface area contributed by atoms with Crippen molar-refractivity contribution in [2.24, 2.45) is 0 Å². The highest BCUT2D eigenvalue weighted by molar-refractivity contribution is 5.68. The first-order valence-electron chi connectivity index (χ1n) is 7.20. The Balaban J connectivity index is 2.47. The van der Waals surface area contributed by atoms with E-state index in [1.807, 2.05) is 32.6 Å².